The van der Waals surface area contributed by atoms with Crippen LogP contribution >= 0.6 is 15.9 Å². The molecule has 1 heterocycles. The minimum Gasteiger partial charge on any atom is -0.310 e. The van der Waals surface area contributed by atoms with Crippen molar-refractivity contribution >= 4 is 15.9 Å². The number of nitrogens with one attached hydrogen (secondary N) is 1. The minimum absolute atomic E-state index is 0.00972. The third-order valence-electron chi connectivity index (χ3n) is 2.98. The van der Waals surface area contributed by atoms with Gasteiger partial charge in [0.05, 0.1) is 17.6 Å². The lowest BCUT2D eigenvalue weighted by atomic mass is 10.2. The molecule has 0 spiro atoms. The van der Waals surface area contributed by atoms with E-state index < -0.39 is 11.6 Å². The van der Waals surface area contributed by atoms with Crippen molar-refractivity contribution in [2.75, 3.05) is 6.54 Å². The molecule has 0 atom stereocenters. The van der Waals surface area contributed by atoms with Gasteiger partial charge in [0.15, 0.2) is 0 Å². The lowest BCUT2D eigenvalue weighted by Gasteiger charge is -2.10. The molecule has 1 N–H and O–H groups in total. The topological polar surface area (TPSA) is 42.7 Å². The van der Waals surface area contributed by atoms with Gasteiger partial charge in [0.25, 0.3) is 0 Å². The van der Waals surface area contributed by atoms with Crippen molar-refractivity contribution in [1.82, 2.24) is 20.1 Å². The normalized spacial score (nSPS) is 11.3. The fraction of sp³-hybridized carbons (Fsp3) is 0.429. The summed E-state index contributed by atoms with van der Waals surface area (Å²) in [6.07, 6.45) is 1.39. The van der Waals surface area contributed by atoms with E-state index in [4.69, 9.17) is 0 Å². The molecule has 0 bridgehead atoms. The maximum atomic E-state index is 14.0. The van der Waals surface area contributed by atoms with E-state index in [1.165, 1.54) is 23.1 Å². The van der Waals surface area contributed by atoms with Gasteiger partial charge in [0.2, 0.25) is 0 Å². The zero-order chi connectivity index (χ0) is 15.4. The van der Waals surface area contributed by atoms with Gasteiger partial charge in [0.1, 0.15) is 23.8 Å². The van der Waals surface area contributed by atoms with Gasteiger partial charge in [-0.05, 0) is 40.5 Å². The minimum atomic E-state index is -0.605. The number of rotatable bonds is 6. The first-order chi connectivity index (χ1) is 9.99. The number of hydrogen-bond acceptors (Lipinski definition) is 3. The molecule has 0 amide bonds. The smallest absolute Gasteiger partial charge is 0.145 e. The Morgan fingerprint density at radius 2 is 2.10 bits per heavy atom. The summed E-state index contributed by atoms with van der Waals surface area (Å²) < 4.78 is 29.5. The van der Waals surface area contributed by atoms with Crippen molar-refractivity contribution in [3.05, 3.63) is 46.0 Å². The fourth-order valence-electron chi connectivity index (χ4n) is 1.89. The molecule has 1 aromatic carbocycles. The van der Waals surface area contributed by atoms with Crippen molar-refractivity contribution in [2.24, 2.45) is 5.92 Å². The molecular weight excluding hydrogens is 342 g/mol. The summed E-state index contributed by atoms with van der Waals surface area (Å²) in [6.45, 7) is 5.56. The van der Waals surface area contributed by atoms with Crippen LogP contribution in [-0.4, -0.2) is 21.3 Å². The molecule has 1 aromatic heterocycles. The van der Waals surface area contributed by atoms with Crippen LogP contribution in [0.3, 0.4) is 0 Å². The summed E-state index contributed by atoms with van der Waals surface area (Å²) in [5, 5.41) is 7.27. The number of halogens is 3. The van der Waals surface area contributed by atoms with E-state index in [2.05, 4.69) is 45.2 Å². The Balaban J connectivity index is 2.14. The van der Waals surface area contributed by atoms with Gasteiger partial charge in [0, 0.05) is 5.56 Å². The molecule has 0 aliphatic carbocycles. The highest BCUT2D eigenvalue weighted by Gasteiger charge is 2.15. The van der Waals surface area contributed by atoms with E-state index in [-0.39, 0.29) is 16.6 Å². The van der Waals surface area contributed by atoms with Gasteiger partial charge in [-0.25, -0.2) is 18.4 Å². The monoisotopic (exact) mass is 358 g/mol. The summed E-state index contributed by atoms with van der Waals surface area (Å²) >= 11 is 3.06. The van der Waals surface area contributed by atoms with E-state index in [0.717, 1.165) is 6.54 Å². The molecule has 0 saturated heterocycles. The van der Waals surface area contributed by atoms with Gasteiger partial charge < -0.3 is 5.32 Å². The van der Waals surface area contributed by atoms with Crippen LogP contribution in [0.15, 0.2) is 22.9 Å². The summed E-state index contributed by atoms with van der Waals surface area (Å²) in [5.74, 6) is -0.0327. The Labute approximate surface area is 130 Å². The van der Waals surface area contributed by atoms with Gasteiger partial charge in [-0.3, -0.25) is 0 Å². The average Bonchev–Trinajstić information content (AvgIpc) is 2.86. The first kappa shape index (κ1) is 16.0. The van der Waals surface area contributed by atoms with Crippen LogP contribution in [0, 0.1) is 17.6 Å². The molecular formula is C14H17BrF2N4. The van der Waals surface area contributed by atoms with Crippen molar-refractivity contribution in [2.45, 2.75) is 26.9 Å². The summed E-state index contributed by atoms with van der Waals surface area (Å²) in [7, 11) is 0. The molecule has 4 nitrogen and oxygen atoms in total. The third-order valence-corrected chi connectivity index (χ3v) is 3.59. The molecule has 0 fully saturated rings. The van der Waals surface area contributed by atoms with E-state index in [1.54, 1.807) is 0 Å². The van der Waals surface area contributed by atoms with E-state index in [1.807, 2.05) is 0 Å². The highest BCUT2D eigenvalue weighted by Crippen LogP contribution is 2.22. The Morgan fingerprint density at radius 3 is 2.81 bits per heavy atom. The van der Waals surface area contributed by atoms with Crippen molar-refractivity contribution in [3.8, 4) is 0 Å². The summed E-state index contributed by atoms with van der Waals surface area (Å²) in [5.41, 5.74) is -0.0278. The molecule has 0 radical (unpaired) electrons. The quantitative estimate of drug-likeness (QED) is 0.806. The van der Waals surface area contributed by atoms with Crippen LogP contribution in [0.2, 0.25) is 0 Å². The van der Waals surface area contributed by atoms with Gasteiger partial charge in [-0.2, -0.15) is 5.10 Å². The Hall–Kier alpha value is -1.34. The van der Waals surface area contributed by atoms with Crippen molar-refractivity contribution in [3.63, 3.8) is 0 Å². The van der Waals surface area contributed by atoms with Crippen LogP contribution in [0.1, 0.15) is 25.2 Å². The second-order valence-electron chi connectivity index (χ2n) is 5.18. The third kappa shape index (κ3) is 4.07. The van der Waals surface area contributed by atoms with E-state index in [9.17, 15) is 8.78 Å². The zero-order valence-corrected chi connectivity index (χ0v) is 13.5. The fourth-order valence-corrected chi connectivity index (χ4v) is 2.26. The van der Waals surface area contributed by atoms with Crippen LogP contribution in [0.4, 0.5) is 8.78 Å². The zero-order valence-electron chi connectivity index (χ0n) is 11.9. The lowest BCUT2D eigenvalue weighted by Crippen LogP contribution is -2.22. The largest absolute Gasteiger partial charge is 0.310 e. The van der Waals surface area contributed by atoms with Gasteiger partial charge >= 0.3 is 0 Å². The molecule has 2 rings (SSSR count). The van der Waals surface area contributed by atoms with Crippen LogP contribution in [0.25, 0.3) is 0 Å². The highest BCUT2D eigenvalue weighted by molar-refractivity contribution is 9.10. The number of benzene rings is 1. The second kappa shape index (κ2) is 7.09. The van der Waals surface area contributed by atoms with Gasteiger partial charge in [-0.15, -0.1) is 0 Å². The van der Waals surface area contributed by atoms with Crippen LogP contribution < -0.4 is 5.32 Å². The summed E-state index contributed by atoms with van der Waals surface area (Å²) in [6, 6.07) is 2.58. The number of hydrogen-bond donors (Lipinski definition) is 1. The number of aromatic nitrogens is 3. The first-order valence-electron chi connectivity index (χ1n) is 6.68. The van der Waals surface area contributed by atoms with Crippen LogP contribution in [-0.2, 0) is 13.1 Å². The second-order valence-corrected chi connectivity index (χ2v) is 6.03. The average molecular weight is 359 g/mol. The molecule has 114 valence electrons. The Morgan fingerprint density at radius 1 is 1.33 bits per heavy atom. The molecule has 0 saturated carbocycles. The first-order valence-corrected chi connectivity index (χ1v) is 7.48. The highest BCUT2D eigenvalue weighted by atomic mass is 79.9. The Kier molecular flexibility index (Phi) is 5.41. The molecule has 2 aromatic rings. The van der Waals surface area contributed by atoms with E-state index in [0.29, 0.717) is 18.3 Å². The van der Waals surface area contributed by atoms with Crippen molar-refractivity contribution < 1.29 is 8.78 Å². The standard InChI is InChI=1S/C14H17BrF2N4/c1-9(2)5-18-6-13-19-8-20-21(13)7-10-12(16)4-3-11(15)14(10)17/h3-4,8-9,18H,5-7H2,1-2H3. The van der Waals surface area contributed by atoms with Gasteiger partial charge in [-0.1, -0.05) is 13.8 Å². The molecule has 0 aliphatic rings. The van der Waals surface area contributed by atoms with Crippen molar-refractivity contribution in [1.29, 1.82) is 0 Å². The van der Waals surface area contributed by atoms with E-state index >= 15 is 0 Å². The Bertz CT molecular complexity index is 613. The predicted molar refractivity (Wildman–Crippen MR) is 79.7 cm³/mol. The summed E-state index contributed by atoms with van der Waals surface area (Å²) in [4.78, 5) is 4.12. The van der Waals surface area contributed by atoms with Crippen LogP contribution in [0.5, 0.6) is 0 Å². The molecule has 7 heteroatoms. The predicted octanol–water partition coefficient (Wildman–Crippen LogP) is 3.11. The number of nitrogens with zero attached hydrogens (tertiary/aromatic N) is 3. The maximum Gasteiger partial charge on any atom is 0.145 e. The maximum absolute atomic E-state index is 14.0. The molecule has 0 aliphatic heterocycles. The SMILES string of the molecule is CC(C)CNCc1ncnn1Cc1c(F)ccc(Br)c1F. The molecule has 21 heavy (non-hydrogen) atoms. The lowest BCUT2D eigenvalue weighted by molar-refractivity contribution is 0.502. The molecule has 0 unspecified atom stereocenters.